The molecule has 4 rings (SSSR count). The number of hydrogen-bond acceptors (Lipinski definition) is 4. The molecule has 0 bridgehead atoms. The van der Waals surface area contributed by atoms with E-state index in [1.54, 1.807) is 19.3 Å². The van der Waals surface area contributed by atoms with Gasteiger partial charge in [0.25, 0.3) is 0 Å². The number of benzene rings is 1. The number of furan rings is 1. The van der Waals surface area contributed by atoms with Crippen LogP contribution in [-0.4, -0.2) is 17.7 Å². The first-order chi connectivity index (χ1) is 12.2. The standard InChI is InChI=1S/C21H20O4/c1-2-24-21(23)20-17(22)12-16-14-7-4-3-6-13(14)9-10-15(16)19(20)18-8-5-11-25-18/h3-8,11,19,22H,2,9-10,12H2,1H3. The van der Waals surface area contributed by atoms with Crippen LogP contribution in [0.25, 0.3) is 5.57 Å². The lowest BCUT2D eigenvalue weighted by Crippen LogP contribution is -2.24. The molecule has 2 aromatic rings. The van der Waals surface area contributed by atoms with Gasteiger partial charge in [0.05, 0.1) is 24.4 Å². The minimum Gasteiger partial charge on any atom is -0.511 e. The van der Waals surface area contributed by atoms with Gasteiger partial charge in [-0.25, -0.2) is 4.79 Å². The van der Waals surface area contributed by atoms with Crippen molar-refractivity contribution in [3.05, 3.63) is 76.5 Å². The summed E-state index contributed by atoms with van der Waals surface area (Å²) >= 11 is 0. The lowest BCUT2D eigenvalue weighted by Gasteiger charge is -2.33. The van der Waals surface area contributed by atoms with Gasteiger partial charge in [0.2, 0.25) is 0 Å². The molecule has 4 heteroatoms. The molecule has 1 N–H and O–H groups in total. The number of aryl methyl sites for hydroxylation is 1. The summed E-state index contributed by atoms with van der Waals surface area (Å²) in [6.07, 6.45) is 3.72. The van der Waals surface area contributed by atoms with Gasteiger partial charge in [-0.2, -0.15) is 0 Å². The second-order valence-electron chi connectivity index (χ2n) is 6.37. The van der Waals surface area contributed by atoms with Crippen LogP contribution < -0.4 is 0 Å². The summed E-state index contributed by atoms with van der Waals surface area (Å²) in [4.78, 5) is 12.5. The van der Waals surface area contributed by atoms with Gasteiger partial charge in [0, 0.05) is 6.42 Å². The smallest absolute Gasteiger partial charge is 0.338 e. The van der Waals surface area contributed by atoms with Crippen molar-refractivity contribution in [2.75, 3.05) is 6.61 Å². The molecule has 1 heterocycles. The summed E-state index contributed by atoms with van der Waals surface area (Å²) in [7, 11) is 0. The molecule has 1 aromatic carbocycles. The van der Waals surface area contributed by atoms with E-state index in [0.717, 1.165) is 29.6 Å². The summed E-state index contributed by atoms with van der Waals surface area (Å²) < 4.78 is 10.8. The molecule has 0 aliphatic heterocycles. The maximum atomic E-state index is 12.5. The molecule has 2 aliphatic carbocycles. The Balaban J connectivity index is 1.88. The highest BCUT2D eigenvalue weighted by atomic mass is 16.5. The number of rotatable bonds is 3. The third-order valence-corrected chi connectivity index (χ3v) is 5.01. The van der Waals surface area contributed by atoms with E-state index in [1.165, 1.54) is 5.56 Å². The fourth-order valence-electron chi connectivity index (χ4n) is 3.97. The van der Waals surface area contributed by atoms with Gasteiger partial charge in [-0.05, 0) is 48.6 Å². The normalized spacial score (nSPS) is 19.5. The van der Waals surface area contributed by atoms with Crippen LogP contribution in [0.5, 0.6) is 0 Å². The van der Waals surface area contributed by atoms with Crippen molar-refractivity contribution in [3.8, 4) is 0 Å². The first-order valence-corrected chi connectivity index (χ1v) is 8.63. The van der Waals surface area contributed by atoms with E-state index in [4.69, 9.17) is 9.15 Å². The molecular weight excluding hydrogens is 316 g/mol. The summed E-state index contributed by atoms with van der Waals surface area (Å²) in [6.45, 7) is 2.04. The molecule has 0 saturated carbocycles. The average molecular weight is 336 g/mol. The Morgan fingerprint density at radius 3 is 2.84 bits per heavy atom. The van der Waals surface area contributed by atoms with Gasteiger partial charge < -0.3 is 14.3 Å². The van der Waals surface area contributed by atoms with Gasteiger partial charge in [0.1, 0.15) is 11.5 Å². The van der Waals surface area contributed by atoms with Crippen molar-refractivity contribution < 1.29 is 19.1 Å². The number of esters is 1. The van der Waals surface area contributed by atoms with Gasteiger partial charge in [0.15, 0.2) is 0 Å². The Kier molecular flexibility index (Phi) is 3.96. The van der Waals surface area contributed by atoms with Crippen molar-refractivity contribution >= 4 is 11.5 Å². The summed E-state index contributed by atoms with van der Waals surface area (Å²) in [5.41, 5.74) is 5.01. The summed E-state index contributed by atoms with van der Waals surface area (Å²) in [5, 5.41) is 10.7. The molecule has 0 saturated heterocycles. The number of carbonyl (C=O) groups excluding carboxylic acids is 1. The van der Waals surface area contributed by atoms with E-state index in [9.17, 15) is 9.90 Å². The van der Waals surface area contributed by atoms with E-state index in [2.05, 4.69) is 12.1 Å². The Hall–Kier alpha value is -2.75. The predicted octanol–water partition coefficient (Wildman–Crippen LogP) is 4.54. The number of aliphatic hydroxyl groups excluding tert-OH is 1. The predicted molar refractivity (Wildman–Crippen MR) is 94.0 cm³/mol. The molecule has 0 amide bonds. The van der Waals surface area contributed by atoms with Crippen molar-refractivity contribution in [1.29, 1.82) is 0 Å². The Morgan fingerprint density at radius 2 is 2.08 bits per heavy atom. The average Bonchev–Trinajstić information content (AvgIpc) is 3.15. The van der Waals surface area contributed by atoms with Crippen molar-refractivity contribution in [2.24, 2.45) is 0 Å². The van der Waals surface area contributed by atoms with Crippen LogP contribution in [0, 0.1) is 0 Å². The van der Waals surface area contributed by atoms with Gasteiger partial charge in [-0.15, -0.1) is 0 Å². The molecule has 4 nitrogen and oxygen atoms in total. The highest BCUT2D eigenvalue weighted by Crippen LogP contribution is 2.49. The minimum absolute atomic E-state index is 0.0790. The number of aliphatic hydroxyl groups is 1. The van der Waals surface area contributed by atoms with Crippen LogP contribution in [0.1, 0.15) is 42.6 Å². The lowest BCUT2D eigenvalue weighted by atomic mass is 9.71. The number of hydrogen-bond donors (Lipinski definition) is 1. The number of carbonyl (C=O) groups is 1. The molecule has 25 heavy (non-hydrogen) atoms. The van der Waals surface area contributed by atoms with E-state index < -0.39 is 5.97 Å². The molecule has 0 spiro atoms. The zero-order chi connectivity index (χ0) is 17.4. The van der Waals surface area contributed by atoms with Gasteiger partial charge in [-0.3, -0.25) is 0 Å². The number of allylic oxidation sites excluding steroid dienone is 2. The Labute approximate surface area is 146 Å². The molecule has 0 fully saturated rings. The van der Waals surface area contributed by atoms with Crippen molar-refractivity contribution in [2.45, 2.75) is 32.1 Å². The molecule has 0 radical (unpaired) electrons. The van der Waals surface area contributed by atoms with Crippen molar-refractivity contribution in [3.63, 3.8) is 0 Å². The van der Waals surface area contributed by atoms with Gasteiger partial charge in [-0.1, -0.05) is 29.8 Å². The van der Waals surface area contributed by atoms with E-state index in [1.807, 2.05) is 18.2 Å². The van der Waals surface area contributed by atoms with Crippen LogP contribution in [0.4, 0.5) is 0 Å². The highest BCUT2D eigenvalue weighted by Gasteiger charge is 2.39. The monoisotopic (exact) mass is 336 g/mol. The number of ether oxygens (including phenoxy) is 1. The van der Waals surface area contributed by atoms with E-state index >= 15 is 0 Å². The van der Waals surface area contributed by atoms with E-state index in [0.29, 0.717) is 17.8 Å². The third kappa shape index (κ3) is 2.58. The molecule has 2 aliphatic rings. The Morgan fingerprint density at radius 1 is 1.24 bits per heavy atom. The van der Waals surface area contributed by atoms with Crippen molar-refractivity contribution in [1.82, 2.24) is 0 Å². The maximum Gasteiger partial charge on any atom is 0.338 e. The minimum atomic E-state index is -0.466. The van der Waals surface area contributed by atoms with Gasteiger partial charge >= 0.3 is 5.97 Å². The van der Waals surface area contributed by atoms with E-state index in [-0.39, 0.29) is 18.3 Å². The topological polar surface area (TPSA) is 59.7 Å². The maximum absolute atomic E-state index is 12.5. The first kappa shape index (κ1) is 15.8. The first-order valence-electron chi connectivity index (χ1n) is 8.63. The van der Waals surface area contributed by atoms with Crippen LogP contribution in [-0.2, 0) is 16.0 Å². The summed E-state index contributed by atoms with van der Waals surface area (Å²) in [6, 6.07) is 11.9. The van der Waals surface area contributed by atoms with Crippen LogP contribution in [0.3, 0.4) is 0 Å². The molecule has 1 aromatic heterocycles. The number of fused-ring (bicyclic) bond motifs is 2. The fourth-order valence-corrected chi connectivity index (χ4v) is 3.97. The fraction of sp³-hybridized carbons (Fsp3) is 0.286. The van der Waals surface area contributed by atoms with Crippen LogP contribution in [0.2, 0.25) is 0 Å². The zero-order valence-electron chi connectivity index (χ0n) is 14.1. The Bertz CT molecular complexity index is 871. The van der Waals surface area contributed by atoms with Crippen LogP contribution >= 0.6 is 0 Å². The second kappa shape index (κ2) is 6.28. The second-order valence-corrected chi connectivity index (χ2v) is 6.37. The highest BCUT2D eigenvalue weighted by molar-refractivity contribution is 5.95. The lowest BCUT2D eigenvalue weighted by molar-refractivity contribution is -0.139. The zero-order valence-corrected chi connectivity index (χ0v) is 14.1. The third-order valence-electron chi connectivity index (χ3n) is 5.01. The molecule has 1 unspecified atom stereocenters. The molecule has 1 atom stereocenters. The quantitative estimate of drug-likeness (QED) is 0.836. The van der Waals surface area contributed by atoms with Crippen LogP contribution in [0.15, 0.2) is 64.0 Å². The largest absolute Gasteiger partial charge is 0.511 e. The summed E-state index contributed by atoms with van der Waals surface area (Å²) in [5.74, 6) is -0.102. The molecular formula is C21H20O4. The molecule has 128 valence electrons. The SMILES string of the molecule is CCOC(=O)C1=C(O)CC2=C(CCc3ccccc32)C1c1ccco1.